The lowest BCUT2D eigenvalue weighted by molar-refractivity contribution is -0.141. The minimum Gasteiger partial charge on any atom is -0.487 e. The number of methoxy groups -OCH3 is 2. The van der Waals surface area contributed by atoms with Gasteiger partial charge in [0.25, 0.3) is 0 Å². The van der Waals surface area contributed by atoms with Crippen LogP contribution in [-0.4, -0.2) is 26.1 Å². The molecule has 1 aromatic rings. The topological polar surface area (TPSA) is 27.7 Å². The van der Waals surface area contributed by atoms with Crippen LogP contribution in [0.25, 0.3) is 0 Å². The van der Waals surface area contributed by atoms with Gasteiger partial charge in [-0.05, 0) is 19.9 Å². The molecule has 3 nitrogen and oxygen atoms in total. The van der Waals surface area contributed by atoms with Crippen LogP contribution in [0.5, 0.6) is 5.75 Å². The van der Waals surface area contributed by atoms with Crippen molar-refractivity contribution in [2.45, 2.75) is 31.7 Å². The summed E-state index contributed by atoms with van der Waals surface area (Å²) in [6, 6.07) is 8.05. The number of rotatable bonds is 3. The van der Waals surface area contributed by atoms with Gasteiger partial charge in [0.1, 0.15) is 11.4 Å². The van der Waals surface area contributed by atoms with Crippen molar-refractivity contribution in [2.75, 3.05) is 14.2 Å². The summed E-state index contributed by atoms with van der Waals surface area (Å²) in [5.74, 6) is 1.02. The summed E-state index contributed by atoms with van der Waals surface area (Å²) in [5.41, 5.74) is 0.849. The highest BCUT2D eigenvalue weighted by Crippen LogP contribution is 2.46. The first-order chi connectivity index (χ1) is 7.60. The normalized spacial score (nSPS) is 21.9. The molecule has 0 bridgehead atoms. The molecule has 0 saturated carbocycles. The van der Waals surface area contributed by atoms with Crippen molar-refractivity contribution in [1.82, 2.24) is 0 Å². The van der Waals surface area contributed by atoms with Gasteiger partial charge in [0, 0.05) is 19.8 Å². The van der Waals surface area contributed by atoms with Crippen molar-refractivity contribution in [3.8, 4) is 5.75 Å². The zero-order chi connectivity index (χ0) is 11.8. The molecule has 1 aliphatic heterocycles. The molecule has 0 saturated heterocycles. The second kappa shape index (κ2) is 4.07. The quantitative estimate of drug-likeness (QED) is 0.736. The molecule has 1 heterocycles. The van der Waals surface area contributed by atoms with E-state index in [-0.39, 0.29) is 17.8 Å². The van der Waals surface area contributed by atoms with E-state index in [1.807, 2.05) is 18.2 Å². The average molecular weight is 222 g/mol. The van der Waals surface area contributed by atoms with Crippen LogP contribution >= 0.6 is 0 Å². The van der Waals surface area contributed by atoms with E-state index < -0.39 is 0 Å². The largest absolute Gasteiger partial charge is 0.487 e. The number of fused-ring (bicyclic) bond motifs is 1. The Balaban J connectivity index is 2.42. The summed E-state index contributed by atoms with van der Waals surface area (Å²) in [5, 5.41) is 0. The molecule has 0 spiro atoms. The standard InChI is InChI=1S/C13H18O3/c1-13(2)11(12(14-3)15-4)9-7-5-6-8-10(9)16-13/h5-8,11-12H,1-4H3. The summed E-state index contributed by atoms with van der Waals surface area (Å²) in [4.78, 5) is 0. The monoisotopic (exact) mass is 222 g/mol. The van der Waals surface area contributed by atoms with Gasteiger partial charge >= 0.3 is 0 Å². The van der Waals surface area contributed by atoms with Gasteiger partial charge in [-0.2, -0.15) is 0 Å². The molecule has 0 radical (unpaired) electrons. The van der Waals surface area contributed by atoms with Crippen LogP contribution in [-0.2, 0) is 9.47 Å². The van der Waals surface area contributed by atoms with Gasteiger partial charge in [0.05, 0.1) is 5.92 Å². The Labute approximate surface area is 96.3 Å². The predicted octanol–water partition coefficient (Wildman–Crippen LogP) is 2.56. The van der Waals surface area contributed by atoms with E-state index in [1.165, 1.54) is 0 Å². The van der Waals surface area contributed by atoms with Gasteiger partial charge in [-0.3, -0.25) is 0 Å². The van der Waals surface area contributed by atoms with E-state index in [0.717, 1.165) is 11.3 Å². The number of hydrogen-bond acceptors (Lipinski definition) is 3. The fraction of sp³-hybridized carbons (Fsp3) is 0.538. The Bertz CT molecular complexity index is 369. The van der Waals surface area contributed by atoms with E-state index in [2.05, 4.69) is 19.9 Å². The van der Waals surface area contributed by atoms with Crippen LogP contribution in [0, 0.1) is 0 Å². The van der Waals surface area contributed by atoms with Gasteiger partial charge in [-0.15, -0.1) is 0 Å². The first-order valence-corrected chi connectivity index (χ1v) is 5.43. The summed E-state index contributed by atoms with van der Waals surface area (Å²) in [6.45, 7) is 4.12. The van der Waals surface area contributed by atoms with Crippen LogP contribution in [0.1, 0.15) is 25.3 Å². The highest BCUT2D eigenvalue weighted by molar-refractivity contribution is 5.43. The first kappa shape index (κ1) is 11.4. The third-order valence-electron chi connectivity index (χ3n) is 3.11. The highest BCUT2D eigenvalue weighted by atomic mass is 16.7. The maximum Gasteiger partial charge on any atom is 0.167 e. The molecule has 0 fully saturated rings. The minimum atomic E-state index is -0.305. The van der Waals surface area contributed by atoms with Crippen molar-refractivity contribution in [1.29, 1.82) is 0 Å². The summed E-state index contributed by atoms with van der Waals surface area (Å²) in [7, 11) is 3.32. The fourth-order valence-corrected chi connectivity index (χ4v) is 2.39. The van der Waals surface area contributed by atoms with Gasteiger partial charge in [0.15, 0.2) is 6.29 Å². The number of ether oxygens (including phenoxy) is 3. The van der Waals surface area contributed by atoms with Gasteiger partial charge < -0.3 is 14.2 Å². The molecule has 0 amide bonds. The maximum absolute atomic E-state index is 5.93. The van der Waals surface area contributed by atoms with Crippen LogP contribution < -0.4 is 4.74 Å². The number of para-hydroxylation sites is 1. The van der Waals surface area contributed by atoms with E-state index >= 15 is 0 Å². The third-order valence-corrected chi connectivity index (χ3v) is 3.11. The van der Waals surface area contributed by atoms with Crippen LogP contribution in [0.2, 0.25) is 0 Å². The molecule has 1 aromatic carbocycles. The number of hydrogen-bond donors (Lipinski definition) is 0. The van der Waals surface area contributed by atoms with E-state index in [0.29, 0.717) is 0 Å². The Kier molecular flexibility index (Phi) is 2.91. The van der Waals surface area contributed by atoms with Crippen molar-refractivity contribution in [2.24, 2.45) is 0 Å². The molecule has 0 aromatic heterocycles. The molecule has 1 aliphatic rings. The van der Waals surface area contributed by atoms with Gasteiger partial charge in [-0.25, -0.2) is 0 Å². The second-order valence-electron chi connectivity index (χ2n) is 4.56. The Morgan fingerprint density at radius 3 is 2.44 bits per heavy atom. The smallest absolute Gasteiger partial charge is 0.167 e. The lowest BCUT2D eigenvalue weighted by Crippen LogP contribution is -2.39. The summed E-state index contributed by atoms with van der Waals surface area (Å²) in [6.07, 6.45) is -0.279. The summed E-state index contributed by atoms with van der Waals surface area (Å²) >= 11 is 0. The fourth-order valence-electron chi connectivity index (χ4n) is 2.39. The van der Waals surface area contributed by atoms with Crippen molar-refractivity contribution in [3.63, 3.8) is 0 Å². The Morgan fingerprint density at radius 2 is 1.81 bits per heavy atom. The van der Waals surface area contributed by atoms with Crippen molar-refractivity contribution >= 4 is 0 Å². The van der Waals surface area contributed by atoms with Crippen molar-refractivity contribution in [3.05, 3.63) is 29.8 Å². The lowest BCUT2D eigenvalue weighted by atomic mass is 9.86. The first-order valence-electron chi connectivity index (χ1n) is 5.43. The van der Waals surface area contributed by atoms with Crippen LogP contribution in [0.4, 0.5) is 0 Å². The van der Waals surface area contributed by atoms with Crippen LogP contribution in [0.15, 0.2) is 24.3 Å². The lowest BCUT2D eigenvalue weighted by Gasteiger charge is -2.31. The van der Waals surface area contributed by atoms with E-state index in [9.17, 15) is 0 Å². The van der Waals surface area contributed by atoms with E-state index in [4.69, 9.17) is 14.2 Å². The maximum atomic E-state index is 5.93. The molecule has 0 aliphatic carbocycles. The molecule has 1 atom stereocenters. The zero-order valence-electron chi connectivity index (χ0n) is 10.2. The van der Waals surface area contributed by atoms with Gasteiger partial charge in [0.2, 0.25) is 0 Å². The molecule has 0 N–H and O–H groups in total. The van der Waals surface area contributed by atoms with Gasteiger partial charge in [-0.1, -0.05) is 18.2 Å². The van der Waals surface area contributed by atoms with E-state index in [1.54, 1.807) is 14.2 Å². The SMILES string of the molecule is COC(OC)C1c2ccccc2OC1(C)C. The third kappa shape index (κ3) is 1.70. The Morgan fingerprint density at radius 1 is 1.19 bits per heavy atom. The molecule has 88 valence electrons. The van der Waals surface area contributed by atoms with Crippen LogP contribution in [0.3, 0.4) is 0 Å². The molecular formula is C13H18O3. The second-order valence-corrected chi connectivity index (χ2v) is 4.56. The summed E-state index contributed by atoms with van der Waals surface area (Å²) < 4.78 is 16.7. The zero-order valence-corrected chi connectivity index (χ0v) is 10.2. The molecule has 3 heteroatoms. The molecule has 1 unspecified atom stereocenters. The highest BCUT2D eigenvalue weighted by Gasteiger charge is 2.46. The average Bonchev–Trinajstić information content (AvgIpc) is 2.52. The minimum absolute atomic E-state index is 0.0960. The molecule has 2 rings (SSSR count). The predicted molar refractivity (Wildman–Crippen MR) is 61.7 cm³/mol. The molecule has 16 heavy (non-hydrogen) atoms. The molecular weight excluding hydrogens is 204 g/mol. The number of benzene rings is 1. The Hall–Kier alpha value is -1.06. The van der Waals surface area contributed by atoms with Crippen molar-refractivity contribution < 1.29 is 14.2 Å².